The number of aromatic nitrogens is 2. The predicted octanol–water partition coefficient (Wildman–Crippen LogP) is 12.4. The van der Waals surface area contributed by atoms with Crippen molar-refractivity contribution in [3.8, 4) is 16.8 Å². The van der Waals surface area contributed by atoms with Crippen LogP contribution in [-0.2, 0) is 5.41 Å². The van der Waals surface area contributed by atoms with Gasteiger partial charge in [0.2, 0.25) is 0 Å². The zero-order chi connectivity index (χ0) is 32.6. The highest BCUT2D eigenvalue weighted by atomic mass is 15.0. The Balaban J connectivity index is 1.32. The summed E-state index contributed by atoms with van der Waals surface area (Å²) < 4.78 is 5.02. The second-order valence-corrected chi connectivity index (χ2v) is 15.0. The average molecular weight is 627 g/mol. The van der Waals surface area contributed by atoms with Crippen molar-refractivity contribution in [2.24, 2.45) is 0 Å². The van der Waals surface area contributed by atoms with Gasteiger partial charge in [0.15, 0.2) is 0 Å². The van der Waals surface area contributed by atoms with E-state index in [9.17, 15) is 0 Å². The third-order valence-electron chi connectivity index (χ3n) is 11.2. The Morgan fingerprint density at radius 3 is 1.84 bits per heavy atom. The van der Waals surface area contributed by atoms with Gasteiger partial charge < -0.3 is 8.97 Å². The molecule has 1 unspecified atom stereocenters. The molecule has 3 aromatic heterocycles. The monoisotopic (exact) mass is 626 g/mol. The van der Waals surface area contributed by atoms with Gasteiger partial charge in [0.05, 0.1) is 27.6 Å². The lowest BCUT2D eigenvalue weighted by molar-refractivity contribution is 0.592. The minimum Gasteiger partial charge on any atom is -0.309 e. The van der Waals surface area contributed by atoms with Gasteiger partial charge in [0.1, 0.15) is 0 Å². The Bertz CT molecular complexity index is 2950. The Morgan fingerprint density at radius 2 is 1.06 bits per heavy atom. The molecule has 11 rings (SSSR count). The normalized spacial score (nSPS) is 14.6. The molecule has 2 heteroatoms. The van der Waals surface area contributed by atoms with Crippen LogP contribution in [0.1, 0.15) is 48.9 Å². The molecule has 0 fully saturated rings. The summed E-state index contributed by atoms with van der Waals surface area (Å²) in [7, 11) is 0. The van der Waals surface area contributed by atoms with Crippen molar-refractivity contribution < 1.29 is 0 Å². The highest BCUT2D eigenvalue weighted by molar-refractivity contribution is 6.27. The van der Waals surface area contributed by atoms with Gasteiger partial charge in [-0.1, -0.05) is 112 Å². The second kappa shape index (κ2) is 9.39. The number of para-hydroxylation sites is 2. The average Bonchev–Trinajstić information content (AvgIpc) is 3.83. The van der Waals surface area contributed by atoms with E-state index in [4.69, 9.17) is 0 Å². The molecular weight excluding hydrogens is 593 g/mol. The fourth-order valence-electron chi connectivity index (χ4n) is 8.99. The molecule has 1 aliphatic rings. The van der Waals surface area contributed by atoms with E-state index in [0.717, 1.165) is 0 Å². The molecule has 2 nitrogen and oxygen atoms in total. The van der Waals surface area contributed by atoms with E-state index < -0.39 is 0 Å². The van der Waals surface area contributed by atoms with Crippen LogP contribution in [0.5, 0.6) is 0 Å². The van der Waals surface area contributed by atoms with E-state index in [1.54, 1.807) is 0 Å². The molecule has 0 saturated carbocycles. The van der Waals surface area contributed by atoms with E-state index in [0.29, 0.717) is 0 Å². The smallest absolute Gasteiger partial charge is 0.0620 e. The Kier molecular flexibility index (Phi) is 5.20. The van der Waals surface area contributed by atoms with Gasteiger partial charge in [-0.2, -0.15) is 0 Å². The first-order valence-corrected chi connectivity index (χ1v) is 17.4. The van der Waals surface area contributed by atoms with Crippen LogP contribution in [0.2, 0.25) is 0 Å². The van der Waals surface area contributed by atoms with Gasteiger partial charge >= 0.3 is 0 Å². The molecule has 3 heterocycles. The second-order valence-electron chi connectivity index (χ2n) is 15.0. The summed E-state index contributed by atoms with van der Waals surface area (Å²) in [6.45, 7) is 7.02. The molecule has 0 spiro atoms. The van der Waals surface area contributed by atoms with Gasteiger partial charge in [-0.25, -0.2) is 0 Å². The molecule has 232 valence electrons. The van der Waals surface area contributed by atoms with Crippen LogP contribution in [0, 0.1) is 0 Å². The first-order chi connectivity index (χ1) is 24.0. The lowest BCUT2D eigenvalue weighted by atomic mass is 9.85. The summed E-state index contributed by atoms with van der Waals surface area (Å²) in [5.41, 5.74) is 15.8. The molecule has 0 bridgehead atoms. The fraction of sp³-hybridized carbons (Fsp3) is 0.106. The number of fused-ring (bicyclic) bond motifs is 12. The van der Waals surface area contributed by atoms with Crippen LogP contribution >= 0.6 is 0 Å². The quantitative estimate of drug-likeness (QED) is 0.181. The third-order valence-corrected chi connectivity index (χ3v) is 11.2. The topological polar surface area (TPSA) is 9.34 Å². The van der Waals surface area contributed by atoms with Gasteiger partial charge in [-0.3, -0.25) is 0 Å². The van der Waals surface area contributed by atoms with Crippen LogP contribution < -0.4 is 0 Å². The standard InChI is InChI=1S/C47H34N2/c1-47(2,3)29-22-39-35-24-38-34(31-18-10-11-20-33(31)45(38)28-14-6-4-7-15-28)25-43(35)49-44-26-36-32-19-12-13-21-41(32)48(30-16-8-5-9-17-30)42(36)27-37(44)40(23-29)46(39)49/h4-27,45H,1-3H3. The molecule has 10 aromatic rings. The van der Waals surface area contributed by atoms with Gasteiger partial charge in [-0.05, 0) is 93.4 Å². The maximum atomic E-state index is 2.58. The van der Waals surface area contributed by atoms with Crippen LogP contribution in [0.4, 0.5) is 0 Å². The summed E-state index contributed by atoms with van der Waals surface area (Å²) in [4.78, 5) is 0. The Labute approximate surface area is 284 Å². The molecule has 7 aromatic carbocycles. The van der Waals surface area contributed by atoms with E-state index in [1.807, 2.05) is 0 Å². The molecule has 1 aliphatic carbocycles. The number of hydrogen-bond acceptors (Lipinski definition) is 0. The maximum absolute atomic E-state index is 2.58. The van der Waals surface area contributed by atoms with Crippen LogP contribution in [-0.4, -0.2) is 8.97 Å². The van der Waals surface area contributed by atoms with Crippen molar-refractivity contribution in [2.75, 3.05) is 0 Å². The number of nitrogens with zero attached hydrogens (tertiary/aromatic N) is 2. The maximum Gasteiger partial charge on any atom is 0.0620 e. The summed E-state index contributed by atoms with van der Waals surface area (Å²) >= 11 is 0. The first kappa shape index (κ1) is 27.1. The third kappa shape index (κ3) is 3.56. The van der Waals surface area contributed by atoms with E-state index in [1.165, 1.54) is 99.0 Å². The summed E-state index contributed by atoms with van der Waals surface area (Å²) in [5.74, 6) is 0.222. The largest absolute Gasteiger partial charge is 0.309 e. The van der Waals surface area contributed by atoms with Crippen molar-refractivity contribution >= 4 is 59.9 Å². The molecule has 0 amide bonds. The highest BCUT2D eigenvalue weighted by Crippen LogP contribution is 2.52. The Hall–Kier alpha value is -5.86. The number of benzene rings is 7. The molecule has 49 heavy (non-hydrogen) atoms. The van der Waals surface area contributed by atoms with Gasteiger partial charge in [0.25, 0.3) is 0 Å². The summed E-state index contributed by atoms with van der Waals surface area (Å²) in [5, 5.41) is 7.90. The molecule has 0 aliphatic heterocycles. The van der Waals surface area contributed by atoms with Crippen LogP contribution in [0.25, 0.3) is 76.7 Å². The number of hydrogen-bond donors (Lipinski definition) is 0. The zero-order valence-corrected chi connectivity index (χ0v) is 27.8. The minimum absolute atomic E-state index is 0.00441. The van der Waals surface area contributed by atoms with Gasteiger partial charge in [0, 0.05) is 43.9 Å². The predicted molar refractivity (Wildman–Crippen MR) is 207 cm³/mol. The van der Waals surface area contributed by atoms with E-state index in [2.05, 4.69) is 175 Å². The first-order valence-electron chi connectivity index (χ1n) is 17.4. The fourth-order valence-corrected chi connectivity index (χ4v) is 8.99. The van der Waals surface area contributed by atoms with Crippen molar-refractivity contribution in [3.63, 3.8) is 0 Å². The lowest BCUT2D eigenvalue weighted by Crippen LogP contribution is -2.10. The van der Waals surface area contributed by atoms with Crippen molar-refractivity contribution in [2.45, 2.75) is 32.1 Å². The SMILES string of the molecule is CC(C)(C)c1cc2c3cc4c(cc3n3c5cc6c7ccccc7n(-c7ccccc7)c6cc5c(c1)c23)-c1ccccc1C4c1ccccc1. The van der Waals surface area contributed by atoms with Crippen molar-refractivity contribution in [1.29, 1.82) is 0 Å². The highest BCUT2D eigenvalue weighted by Gasteiger charge is 2.32. The van der Waals surface area contributed by atoms with Crippen LogP contribution in [0.3, 0.4) is 0 Å². The summed E-state index contributed by atoms with van der Waals surface area (Å²) in [6, 6.07) is 54.6. The van der Waals surface area contributed by atoms with Gasteiger partial charge in [-0.15, -0.1) is 0 Å². The van der Waals surface area contributed by atoms with Crippen LogP contribution in [0.15, 0.2) is 146 Å². The Morgan fingerprint density at radius 1 is 0.449 bits per heavy atom. The van der Waals surface area contributed by atoms with Crippen molar-refractivity contribution in [3.05, 3.63) is 168 Å². The van der Waals surface area contributed by atoms with Crippen molar-refractivity contribution in [1.82, 2.24) is 8.97 Å². The molecule has 0 radical (unpaired) electrons. The summed E-state index contributed by atoms with van der Waals surface area (Å²) in [6.07, 6.45) is 0. The minimum atomic E-state index is 0.00441. The lowest BCUT2D eigenvalue weighted by Gasteiger charge is -2.19. The molecule has 1 atom stereocenters. The molecular formula is C47H34N2. The van der Waals surface area contributed by atoms with E-state index >= 15 is 0 Å². The molecule has 0 N–H and O–H groups in total. The molecule has 0 saturated heterocycles. The van der Waals surface area contributed by atoms with E-state index in [-0.39, 0.29) is 11.3 Å². The zero-order valence-electron chi connectivity index (χ0n) is 27.8. The number of rotatable bonds is 2.